The van der Waals surface area contributed by atoms with E-state index in [0.717, 1.165) is 19.6 Å². The lowest BCUT2D eigenvalue weighted by Gasteiger charge is -2.36. The summed E-state index contributed by atoms with van der Waals surface area (Å²) in [5.74, 6) is 0.00827. The molecule has 2 amide bonds. The largest absolute Gasteiger partial charge is 0.496 e. The molecule has 0 spiro atoms. The highest BCUT2D eigenvalue weighted by Crippen LogP contribution is 2.38. The molecule has 0 N–H and O–H groups in total. The van der Waals surface area contributed by atoms with Crippen LogP contribution in [0.25, 0.3) is 5.57 Å². The summed E-state index contributed by atoms with van der Waals surface area (Å²) in [4.78, 5) is 32.7. The van der Waals surface area contributed by atoms with E-state index in [1.54, 1.807) is 19.2 Å². The Morgan fingerprint density at radius 3 is 2.17 bits per heavy atom. The van der Waals surface area contributed by atoms with Gasteiger partial charge in [-0.3, -0.25) is 9.59 Å². The third-order valence-electron chi connectivity index (χ3n) is 5.59. The van der Waals surface area contributed by atoms with Gasteiger partial charge < -0.3 is 14.5 Å². The summed E-state index contributed by atoms with van der Waals surface area (Å²) in [6.45, 7) is 6.27. The Hall–Kier alpha value is -3.12. The molecule has 0 aromatic heterocycles. The predicted octanol–water partition coefficient (Wildman–Crippen LogP) is 2.62. The van der Waals surface area contributed by atoms with Gasteiger partial charge in [0.05, 0.1) is 18.4 Å². The molecule has 2 aliphatic rings. The van der Waals surface area contributed by atoms with E-state index in [4.69, 9.17) is 4.74 Å². The van der Waals surface area contributed by atoms with Gasteiger partial charge in [-0.1, -0.05) is 43.3 Å². The average molecular weight is 391 g/mol. The number of ether oxygens (including phenoxy) is 1. The van der Waals surface area contributed by atoms with Crippen LogP contribution in [0.2, 0.25) is 0 Å². The number of imide groups is 1. The number of para-hydroxylation sites is 2. The molecule has 0 aliphatic carbocycles. The highest BCUT2D eigenvalue weighted by atomic mass is 16.5. The number of carbonyl (C=O) groups excluding carboxylic acids is 2. The number of carbonyl (C=O) groups is 2. The van der Waals surface area contributed by atoms with Gasteiger partial charge in [-0.05, 0) is 24.7 Å². The molecule has 6 heteroatoms. The summed E-state index contributed by atoms with van der Waals surface area (Å²) in [5.41, 5.74) is 2.12. The molecule has 1 saturated heterocycles. The number of amides is 2. The molecule has 2 aromatic rings. The van der Waals surface area contributed by atoms with E-state index >= 15 is 0 Å². The van der Waals surface area contributed by atoms with Crippen LogP contribution in [0.1, 0.15) is 12.5 Å². The van der Waals surface area contributed by atoms with Gasteiger partial charge in [-0.25, -0.2) is 4.90 Å². The first-order valence-electron chi connectivity index (χ1n) is 9.94. The molecule has 150 valence electrons. The van der Waals surface area contributed by atoms with Gasteiger partial charge in [0.25, 0.3) is 11.8 Å². The zero-order valence-corrected chi connectivity index (χ0v) is 16.8. The Morgan fingerprint density at radius 1 is 0.862 bits per heavy atom. The molecule has 0 saturated carbocycles. The second-order valence-corrected chi connectivity index (χ2v) is 7.13. The number of nitrogens with zero attached hydrogens (tertiary/aromatic N) is 3. The van der Waals surface area contributed by atoms with Crippen molar-refractivity contribution < 1.29 is 14.3 Å². The number of likely N-dealkylation sites (N-methyl/N-ethyl adjacent to an activating group) is 1. The topological polar surface area (TPSA) is 53.1 Å². The van der Waals surface area contributed by atoms with Crippen molar-refractivity contribution in [3.05, 3.63) is 65.9 Å². The van der Waals surface area contributed by atoms with Crippen LogP contribution < -0.4 is 9.64 Å². The molecule has 29 heavy (non-hydrogen) atoms. The molecule has 0 unspecified atom stereocenters. The number of hydrogen-bond donors (Lipinski definition) is 0. The average Bonchev–Trinajstić information content (AvgIpc) is 3.04. The van der Waals surface area contributed by atoms with E-state index in [2.05, 4.69) is 16.7 Å². The number of piperazine rings is 1. The van der Waals surface area contributed by atoms with Crippen LogP contribution in [-0.2, 0) is 9.59 Å². The van der Waals surface area contributed by atoms with Crippen molar-refractivity contribution in [1.82, 2.24) is 9.80 Å². The molecule has 4 rings (SSSR count). The van der Waals surface area contributed by atoms with Gasteiger partial charge in [0.15, 0.2) is 0 Å². The molecule has 2 heterocycles. The Bertz CT molecular complexity index is 947. The fraction of sp³-hybridized carbons (Fsp3) is 0.304. The first kappa shape index (κ1) is 19.2. The highest BCUT2D eigenvalue weighted by Gasteiger charge is 2.43. The predicted molar refractivity (Wildman–Crippen MR) is 113 cm³/mol. The quantitative estimate of drug-likeness (QED) is 0.734. The third-order valence-corrected chi connectivity index (χ3v) is 5.59. The standard InChI is InChI=1S/C23H25N3O3/c1-3-24-13-15-25(16-14-24)21-20(18-11-7-8-12-19(18)29-2)22(27)26(23(21)28)17-9-5-4-6-10-17/h4-12H,3,13-16H2,1-2H3. The maximum absolute atomic E-state index is 13.5. The molecule has 2 aromatic carbocycles. The summed E-state index contributed by atoms with van der Waals surface area (Å²) >= 11 is 0. The minimum Gasteiger partial charge on any atom is -0.496 e. The fourth-order valence-corrected chi connectivity index (χ4v) is 4.00. The summed E-state index contributed by atoms with van der Waals surface area (Å²) in [6, 6.07) is 16.5. The number of methoxy groups -OCH3 is 1. The first-order chi connectivity index (χ1) is 14.2. The van der Waals surface area contributed by atoms with Crippen LogP contribution in [0.4, 0.5) is 5.69 Å². The molecule has 0 bridgehead atoms. The molecule has 1 fully saturated rings. The number of hydrogen-bond acceptors (Lipinski definition) is 5. The van der Waals surface area contributed by atoms with E-state index < -0.39 is 0 Å². The molecular weight excluding hydrogens is 366 g/mol. The first-order valence-corrected chi connectivity index (χ1v) is 9.94. The second-order valence-electron chi connectivity index (χ2n) is 7.13. The minimum atomic E-state index is -0.307. The van der Waals surface area contributed by atoms with Gasteiger partial charge in [0.1, 0.15) is 11.4 Å². The summed E-state index contributed by atoms with van der Waals surface area (Å²) in [6.07, 6.45) is 0. The van der Waals surface area contributed by atoms with Crippen molar-refractivity contribution in [1.29, 1.82) is 0 Å². The number of rotatable bonds is 5. The van der Waals surface area contributed by atoms with E-state index in [1.165, 1.54) is 4.90 Å². The lowest BCUT2D eigenvalue weighted by molar-refractivity contribution is -0.120. The Balaban J connectivity index is 1.81. The maximum atomic E-state index is 13.5. The van der Waals surface area contributed by atoms with Crippen LogP contribution in [0.5, 0.6) is 5.75 Å². The van der Waals surface area contributed by atoms with E-state index in [0.29, 0.717) is 41.4 Å². The zero-order chi connectivity index (χ0) is 20.4. The Labute approximate surface area is 171 Å². The second kappa shape index (κ2) is 8.09. The van der Waals surface area contributed by atoms with Crippen molar-refractivity contribution in [2.24, 2.45) is 0 Å². The van der Waals surface area contributed by atoms with E-state index in [1.807, 2.05) is 42.5 Å². The van der Waals surface area contributed by atoms with Crippen LogP contribution in [0, 0.1) is 0 Å². The van der Waals surface area contributed by atoms with Gasteiger partial charge in [-0.15, -0.1) is 0 Å². The van der Waals surface area contributed by atoms with Crippen LogP contribution in [0.15, 0.2) is 60.3 Å². The normalized spacial score (nSPS) is 18.0. The summed E-state index contributed by atoms with van der Waals surface area (Å²) in [5, 5.41) is 0. The molecule has 0 atom stereocenters. The Kier molecular flexibility index (Phi) is 5.36. The summed E-state index contributed by atoms with van der Waals surface area (Å²) < 4.78 is 5.51. The molecular formula is C23H25N3O3. The van der Waals surface area contributed by atoms with Gasteiger partial charge in [-0.2, -0.15) is 0 Å². The summed E-state index contributed by atoms with van der Waals surface area (Å²) in [7, 11) is 1.58. The minimum absolute atomic E-state index is 0.271. The van der Waals surface area contributed by atoms with Crippen LogP contribution in [-0.4, -0.2) is 61.4 Å². The molecule has 2 aliphatic heterocycles. The SMILES string of the molecule is CCN1CCN(C2=C(c3ccccc3OC)C(=O)N(c3ccccc3)C2=O)CC1. The van der Waals surface area contributed by atoms with Crippen molar-refractivity contribution in [2.45, 2.75) is 6.92 Å². The number of benzene rings is 2. The van der Waals surface area contributed by atoms with Gasteiger partial charge >= 0.3 is 0 Å². The smallest absolute Gasteiger partial charge is 0.282 e. The number of anilines is 1. The van der Waals surface area contributed by atoms with E-state index in [-0.39, 0.29) is 11.8 Å². The molecule has 0 radical (unpaired) electrons. The van der Waals surface area contributed by atoms with Crippen LogP contribution in [0.3, 0.4) is 0 Å². The fourth-order valence-electron chi connectivity index (χ4n) is 4.00. The van der Waals surface area contributed by atoms with Crippen molar-refractivity contribution >= 4 is 23.1 Å². The van der Waals surface area contributed by atoms with Gasteiger partial charge in [0.2, 0.25) is 0 Å². The lowest BCUT2D eigenvalue weighted by atomic mass is 10.0. The lowest BCUT2D eigenvalue weighted by Crippen LogP contribution is -2.47. The Morgan fingerprint density at radius 2 is 1.52 bits per heavy atom. The van der Waals surface area contributed by atoms with Crippen molar-refractivity contribution in [3.8, 4) is 5.75 Å². The third kappa shape index (κ3) is 3.40. The highest BCUT2D eigenvalue weighted by molar-refractivity contribution is 6.45. The maximum Gasteiger partial charge on any atom is 0.282 e. The van der Waals surface area contributed by atoms with Crippen molar-refractivity contribution in [2.75, 3.05) is 44.7 Å². The molecule has 6 nitrogen and oxygen atoms in total. The van der Waals surface area contributed by atoms with Crippen LogP contribution >= 0.6 is 0 Å². The van der Waals surface area contributed by atoms with Gasteiger partial charge in [0, 0.05) is 31.7 Å². The zero-order valence-electron chi connectivity index (χ0n) is 16.8. The van der Waals surface area contributed by atoms with Crippen molar-refractivity contribution in [3.63, 3.8) is 0 Å². The van der Waals surface area contributed by atoms with E-state index in [9.17, 15) is 9.59 Å². The monoisotopic (exact) mass is 391 g/mol.